The summed E-state index contributed by atoms with van der Waals surface area (Å²) in [4.78, 5) is 0. The summed E-state index contributed by atoms with van der Waals surface area (Å²) in [5.74, 6) is 27.5. The lowest BCUT2D eigenvalue weighted by molar-refractivity contribution is 0.413. The van der Waals surface area contributed by atoms with Gasteiger partial charge in [-0.05, 0) is 173 Å². The van der Waals surface area contributed by atoms with E-state index in [1.807, 2.05) is 170 Å². The predicted octanol–water partition coefficient (Wildman–Crippen LogP) is 19.2. The van der Waals surface area contributed by atoms with Crippen LogP contribution in [0.2, 0.25) is 0 Å². The van der Waals surface area contributed by atoms with Crippen molar-refractivity contribution in [2.75, 3.05) is 14.2 Å². The molecule has 0 saturated heterocycles. The van der Waals surface area contributed by atoms with Crippen LogP contribution in [0.25, 0.3) is 0 Å². The van der Waals surface area contributed by atoms with Gasteiger partial charge in [-0.25, -0.2) is 0 Å². The second kappa shape index (κ2) is 24.0. The Morgan fingerprint density at radius 3 is 0.740 bits per heavy atom. The van der Waals surface area contributed by atoms with Gasteiger partial charge in [0.25, 0.3) is 0 Å². The summed E-state index contributed by atoms with van der Waals surface area (Å²) in [6.07, 6.45) is 0. The maximum atomic E-state index is 9.90. The SMILES string of the molecule is [2H]c1c([2H])c(C#CC(c2ccccc2)(c2ccccc2)c2cccc(OC)c2)c([2H])c([2H])c1C#Cc1c2c(c(C#Cc3c([2H])c([2H])c(C#CC(c4ccccc4)(c4ccccc4)c4cccc(OC)c4)c([2H])c3[2H])c3c1C1c4ccccc4C3c3ccccc31)C1c3ccccc3C2c2ccccc21. The van der Waals surface area contributed by atoms with Crippen molar-refractivity contribution in [2.24, 2.45) is 0 Å². The monoisotopic (exact) mass is 1230 g/mol. The van der Waals surface area contributed by atoms with Crippen LogP contribution in [0.4, 0.5) is 0 Å². The predicted molar refractivity (Wildman–Crippen MR) is 386 cm³/mol. The van der Waals surface area contributed by atoms with Crippen molar-refractivity contribution in [3.05, 3.63) is 449 Å². The van der Waals surface area contributed by atoms with Gasteiger partial charge in [0.15, 0.2) is 0 Å². The average molecular weight is 1230 g/mol. The Bertz CT molecular complexity index is 5280. The number of ether oxygens (including phenoxy) is 2. The molecule has 0 amide bonds. The molecule has 96 heavy (non-hydrogen) atoms. The molecule has 0 aromatic heterocycles. The second-order valence-electron chi connectivity index (χ2n) is 24.6. The van der Waals surface area contributed by atoms with Crippen LogP contribution in [-0.2, 0) is 10.8 Å². The maximum Gasteiger partial charge on any atom is 0.119 e. The standard InChI is InChI=1S/C94H62O2/c1-95-73-35-23-33-71(61-73)93(67-25-7-3-8-26-67,68-27-9-4-10-28-68)59-57-65-49-45-63(46-50-65)53-55-83-89-85-75-37-15-19-41-79(75)87(80-42-20-16-38-76(80)85)91(89)84(92-88-81-43-21-17-39-77(81)86(90(83)92)78-40-18-22-44-82(78)88)56-54-64-47-51-66(52-48-64)58-60-94(69-29-11-5-12-30-69,70-31-13-6-14-32-70)72-34-24-36-74(62-72)96-2/h3-52,61-62,85-88H,1-2H3/i45D,46D,47D,48D,49D,50D,51D,52D. The van der Waals surface area contributed by atoms with Gasteiger partial charge in [-0.3, -0.25) is 0 Å². The van der Waals surface area contributed by atoms with Gasteiger partial charge in [-0.2, -0.15) is 0 Å². The zero-order valence-electron chi connectivity index (χ0n) is 60.5. The summed E-state index contributed by atoms with van der Waals surface area (Å²) in [6, 6.07) is 86.2. The van der Waals surface area contributed by atoms with E-state index in [2.05, 4.69) is 144 Å². The Labute approximate surface area is 573 Å². The number of hydrogen-bond acceptors (Lipinski definition) is 2. The minimum absolute atomic E-state index is 0.0692. The molecule has 0 N–H and O–H groups in total. The fourth-order valence-electron chi connectivity index (χ4n) is 15.7. The van der Waals surface area contributed by atoms with E-state index >= 15 is 0 Å². The third kappa shape index (κ3) is 9.42. The van der Waals surface area contributed by atoms with Crippen molar-refractivity contribution in [2.45, 2.75) is 34.5 Å². The first-order chi connectivity index (χ1) is 50.9. The third-order valence-corrected chi connectivity index (χ3v) is 19.7. The summed E-state index contributed by atoms with van der Waals surface area (Å²) in [6.45, 7) is 0. The van der Waals surface area contributed by atoms with Gasteiger partial charge in [0.2, 0.25) is 0 Å². The summed E-state index contributed by atoms with van der Waals surface area (Å²) < 4.78 is 90.4. The molecule has 6 aliphatic rings. The van der Waals surface area contributed by atoms with Crippen molar-refractivity contribution in [1.29, 1.82) is 0 Å². The van der Waals surface area contributed by atoms with Gasteiger partial charge in [0, 0.05) is 57.1 Å². The molecular weight excluding hydrogens is 1160 g/mol. The molecule has 450 valence electrons. The molecule has 0 radical (unpaired) electrons. The third-order valence-electron chi connectivity index (χ3n) is 19.7. The van der Waals surface area contributed by atoms with Crippen molar-refractivity contribution in [3.8, 4) is 58.9 Å². The largest absolute Gasteiger partial charge is 0.497 e. The lowest BCUT2D eigenvalue weighted by atomic mass is 9.53. The van der Waals surface area contributed by atoms with E-state index in [1.54, 1.807) is 14.2 Å². The molecule has 0 saturated carbocycles. The van der Waals surface area contributed by atoms with E-state index in [4.69, 9.17) is 9.47 Å². The molecule has 0 spiro atoms. The van der Waals surface area contributed by atoms with E-state index in [0.717, 1.165) is 100 Å². The van der Waals surface area contributed by atoms with Gasteiger partial charge >= 0.3 is 0 Å². The number of hydrogen-bond donors (Lipinski definition) is 0. The van der Waals surface area contributed by atoms with Crippen molar-refractivity contribution < 1.29 is 20.4 Å². The van der Waals surface area contributed by atoms with Gasteiger partial charge in [0.05, 0.1) is 25.2 Å². The quantitative estimate of drug-likeness (QED) is 0.112. The summed E-state index contributed by atoms with van der Waals surface area (Å²) in [7, 11) is 3.23. The number of methoxy groups -OCH3 is 2. The van der Waals surface area contributed by atoms with Crippen LogP contribution in [0.3, 0.4) is 0 Å². The van der Waals surface area contributed by atoms with Gasteiger partial charge in [-0.15, -0.1) is 0 Å². The van der Waals surface area contributed by atoms with Crippen LogP contribution < -0.4 is 9.47 Å². The maximum absolute atomic E-state index is 9.90. The smallest absolute Gasteiger partial charge is 0.119 e. The summed E-state index contributed by atoms with van der Waals surface area (Å²) in [5, 5.41) is 0. The highest BCUT2D eigenvalue weighted by Gasteiger charge is 2.50. The molecule has 6 aliphatic carbocycles. The van der Waals surface area contributed by atoms with Crippen molar-refractivity contribution in [1.82, 2.24) is 0 Å². The number of rotatable bonds is 8. The zero-order valence-corrected chi connectivity index (χ0v) is 52.5. The van der Waals surface area contributed by atoms with Gasteiger partial charge < -0.3 is 9.47 Å². The first kappa shape index (κ1) is 49.4. The highest BCUT2D eigenvalue weighted by molar-refractivity contribution is 5.83. The van der Waals surface area contributed by atoms with Crippen molar-refractivity contribution >= 4 is 0 Å². The van der Waals surface area contributed by atoms with Crippen LogP contribution in [-0.4, -0.2) is 14.2 Å². The fourth-order valence-corrected chi connectivity index (χ4v) is 15.7. The van der Waals surface area contributed by atoms with Gasteiger partial charge in [-0.1, -0.05) is 290 Å². The Morgan fingerprint density at radius 1 is 0.260 bits per heavy atom. The highest BCUT2D eigenvalue weighted by atomic mass is 16.5. The van der Waals surface area contributed by atoms with E-state index in [0.29, 0.717) is 22.6 Å². The Balaban J connectivity index is 0.898. The Kier molecular flexibility index (Phi) is 12.3. The molecule has 13 aromatic carbocycles. The zero-order chi connectivity index (χ0) is 71.1. The minimum atomic E-state index is -1.15. The lowest BCUT2D eigenvalue weighted by Crippen LogP contribution is -2.35. The van der Waals surface area contributed by atoms with Crippen LogP contribution in [0.5, 0.6) is 11.5 Å². The molecule has 2 nitrogen and oxygen atoms in total. The fraction of sp³-hybridized carbons (Fsp3) is 0.0851. The topological polar surface area (TPSA) is 18.5 Å². The minimum Gasteiger partial charge on any atom is -0.497 e. The highest BCUT2D eigenvalue weighted by Crippen LogP contribution is 2.64. The molecule has 19 rings (SSSR count). The summed E-state index contributed by atoms with van der Waals surface area (Å²) >= 11 is 0. The Hall–Kier alpha value is -12.3. The first-order valence-electron chi connectivity index (χ1n) is 36.3. The second-order valence-corrected chi connectivity index (χ2v) is 24.6. The molecular formula is C94H62O2. The van der Waals surface area contributed by atoms with E-state index in [9.17, 15) is 11.0 Å². The molecule has 0 aliphatic heterocycles. The van der Waals surface area contributed by atoms with Crippen molar-refractivity contribution in [3.63, 3.8) is 0 Å². The normalized spacial score (nSPS) is 16.4. The Morgan fingerprint density at radius 2 is 0.490 bits per heavy atom. The molecule has 4 bridgehead atoms. The molecule has 0 atom stereocenters. The molecule has 13 aromatic rings. The first-order valence-corrected chi connectivity index (χ1v) is 32.3. The average Bonchev–Trinajstić information content (AvgIpc) is 0.666. The van der Waals surface area contributed by atoms with E-state index in [-0.39, 0.29) is 70.6 Å². The lowest BCUT2D eigenvalue weighted by Gasteiger charge is -2.48. The van der Waals surface area contributed by atoms with E-state index in [1.165, 1.54) is 0 Å². The van der Waals surface area contributed by atoms with Crippen LogP contribution >= 0.6 is 0 Å². The van der Waals surface area contributed by atoms with E-state index < -0.39 is 34.5 Å². The molecule has 0 heterocycles. The van der Waals surface area contributed by atoms with Crippen LogP contribution in [0.15, 0.2) is 315 Å². The molecule has 2 heteroatoms. The molecule has 0 fully saturated rings. The summed E-state index contributed by atoms with van der Waals surface area (Å²) in [5.41, 5.74) is 16.2. The van der Waals surface area contributed by atoms with Crippen LogP contribution in [0, 0.1) is 47.4 Å². The molecule has 0 unspecified atom stereocenters. The van der Waals surface area contributed by atoms with Crippen LogP contribution in [0.1, 0.15) is 168 Å². The van der Waals surface area contributed by atoms with Gasteiger partial charge in [0.1, 0.15) is 22.3 Å². The number of benzene rings is 13.